The molecule has 2 aromatic rings. The van der Waals surface area contributed by atoms with Gasteiger partial charge < -0.3 is 15.1 Å². The molecular weight excluding hydrogens is 366 g/mol. The quantitative estimate of drug-likeness (QED) is 0.820. The number of amides is 3. The van der Waals surface area contributed by atoms with E-state index in [4.69, 9.17) is 0 Å². The second-order valence-electron chi connectivity index (χ2n) is 7.64. The first kappa shape index (κ1) is 20.6. The molecule has 1 N–H and O–H groups in total. The monoisotopic (exact) mass is 393 g/mol. The normalized spacial score (nSPS) is 17.1. The summed E-state index contributed by atoms with van der Waals surface area (Å²) < 4.78 is 0. The highest BCUT2D eigenvalue weighted by molar-refractivity contribution is 5.96. The van der Waals surface area contributed by atoms with Crippen LogP contribution in [0.1, 0.15) is 30.5 Å². The van der Waals surface area contributed by atoms with Gasteiger partial charge >= 0.3 is 0 Å². The van der Waals surface area contributed by atoms with E-state index in [0.29, 0.717) is 12.2 Å². The van der Waals surface area contributed by atoms with Crippen LogP contribution in [0.2, 0.25) is 0 Å². The number of nitrogens with one attached hydrogen (secondary N) is 1. The molecule has 152 valence electrons. The molecule has 0 aliphatic carbocycles. The minimum atomic E-state index is -0.425. The Kier molecular flexibility index (Phi) is 6.32. The van der Waals surface area contributed by atoms with Gasteiger partial charge in [-0.25, -0.2) is 0 Å². The zero-order chi connectivity index (χ0) is 21.0. The first-order valence-electron chi connectivity index (χ1n) is 9.81. The smallest absolute Gasteiger partial charge is 0.243 e. The van der Waals surface area contributed by atoms with Crippen LogP contribution in [0.5, 0.6) is 0 Å². The highest BCUT2D eigenvalue weighted by Gasteiger charge is 2.38. The minimum Gasteiger partial charge on any atom is -0.336 e. The summed E-state index contributed by atoms with van der Waals surface area (Å²) in [4.78, 5) is 40.7. The molecule has 29 heavy (non-hydrogen) atoms. The van der Waals surface area contributed by atoms with Gasteiger partial charge in [0.15, 0.2) is 0 Å². The highest BCUT2D eigenvalue weighted by atomic mass is 16.2. The van der Waals surface area contributed by atoms with Gasteiger partial charge in [-0.15, -0.1) is 0 Å². The average Bonchev–Trinajstić information content (AvgIpc) is 3.10. The van der Waals surface area contributed by atoms with E-state index in [1.165, 1.54) is 4.90 Å². The maximum absolute atomic E-state index is 12.8. The SMILES string of the molecule is Cc1ccc(NC(=O)CN(C)C(=O)[C@H]2CC(=O)N([C@H](C)c3ccccc3)C2)cc1. The first-order chi connectivity index (χ1) is 13.8. The van der Waals surface area contributed by atoms with Gasteiger partial charge in [-0.1, -0.05) is 48.0 Å². The van der Waals surface area contributed by atoms with Gasteiger partial charge in [0, 0.05) is 25.7 Å². The molecule has 0 spiro atoms. The standard InChI is InChI=1S/C23H27N3O3/c1-16-9-11-20(12-10-16)24-21(27)15-25(3)23(29)19-13-22(28)26(14-19)17(2)18-7-5-4-6-8-18/h4-12,17,19H,13-15H2,1-3H3,(H,24,27)/t17-,19+/m1/s1. The molecule has 2 atom stereocenters. The molecule has 0 saturated carbocycles. The summed E-state index contributed by atoms with van der Waals surface area (Å²) in [6.45, 7) is 4.27. The predicted molar refractivity (Wildman–Crippen MR) is 112 cm³/mol. The highest BCUT2D eigenvalue weighted by Crippen LogP contribution is 2.29. The third-order valence-electron chi connectivity index (χ3n) is 5.35. The molecule has 0 aromatic heterocycles. The number of hydrogen-bond acceptors (Lipinski definition) is 3. The number of aryl methyl sites for hydroxylation is 1. The van der Waals surface area contributed by atoms with Gasteiger partial charge in [0.05, 0.1) is 18.5 Å². The average molecular weight is 393 g/mol. The number of carbonyl (C=O) groups excluding carboxylic acids is 3. The van der Waals surface area contributed by atoms with E-state index in [1.807, 2.05) is 68.4 Å². The van der Waals surface area contributed by atoms with Crippen molar-refractivity contribution in [1.29, 1.82) is 0 Å². The Balaban J connectivity index is 1.56. The Hall–Kier alpha value is -3.15. The van der Waals surface area contributed by atoms with E-state index < -0.39 is 5.92 Å². The van der Waals surface area contributed by atoms with Crippen molar-refractivity contribution >= 4 is 23.4 Å². The van der Waals surface area contributed by atoms with Crippen LogP contribution in [0.15, 0.2) is 54.6 Å². The summed E-state index contributed by atoms with van der Waals surface area (Å²) in [6.07, 6.45) is 0.180. The van der Waals surface area contributed by atoms with E-state index in [1.54, 1.807) is 11.9 Å². The second kappa shape index (κ2) is 8.90. The summed E-state index contributed by atoms with van der Waals surface area (Å²) in [5, 5.41) is 2.79. The summed E-state index contributed by atoms with van der Waals surface area (Å²) in [7, 11) is 1.60. The molecule has 1 aliphatic heterocycles. The van der Waals surface area contributed by atoms with Gasteiger partial charge in [-0.05, 0) is 31.5 Å². The molecule has 0 radical (unpaired) electrons. The summed E-state index contributed by atoms with van der Waals surface area (Å²) >= 11 is 0. The molecule has 3 amide bonds. The van der Waals surface area contributed by atoms with E-state index in [2.05, 4.69) is 5.32 Å². The zero-order valence-electron chi connectivity index (χ0n) is 17.1. The third kappa shape index (κ3) is 5.02. The summed E-state index contributed by atoms with van der Waals surface area (Å²) in [5.41, 5.74) is 2.84. The van der Waals surface area contributed by atoms with Gasteiger partial charge in [0.2, 0.25) is 17.7 Å². The van der Waals surface area contributed by atoms with Crippen LogP contribution in [0.3, 0.4) is 0 Å². The third-order valence-corrected chi connectivity index (χ3v) is 5.35. The fraction of sp³-hybridized carbons (Fsp3) is 0.348. The van der Waals surface area contributed by atoms with Crippen LogP contribution in [-0.2, 0) is 14.4 Å². The number of likely N-dealkylation sites (N-methyl/N-ethyl adjacent to an activating group) is 1. The molecule has 1 fully saturated rings. The second-order valence-corrected chi connectivity index (χ2v) is 7.64. The van der Waals surface area contributed by atoms with Gasteiger partial charge in [-0.3, -0.25) is 14.4 Å². The molecular formula is C23H27N3O3. The zero-order valence-corrected chi connectivity index (χ0v) is 17.1. The molecule has 1 saturated heterocycles. The van der Waals surface area contributed by atoms with Crippen molar-refractivity contribution in [1.82, 2.24) is 9.80 Å². The Morgan fingerprint density at radius 3 is 2.45 bits per heavy atom. The number of rotatable bonds is 6. The van der Waals surface area contributed by atoms with Crippen molar-refractivity contribution in [2.75, 3.05) is 25.5 Å². The van der Waals surface area contributed by atoms with Gasteiger partial charge in [-0.2, -0.15) is 0 Å². The predicted octanol–water partition coefficient (Wildman–Crippen LogP) is 3.00. The number of carbonyl (C=O) groups is 3. The lowest BCUT2D eigenvalue weighted by Crippen LogP contribution is -2.39. The minimum absolute atomic E-state index is 0.0304. The van der Waals surface area contributed by atoms with Crippen molar-refractivity contribution in [3.05, 3.63) is 65.7 Å². The van der Waals surface area contributed by atoms with Gasteiger partial charge in [0.1, 0.15) is 0 Å². The maximum atomic E-state index is 12.8. The van der Waals surface area contributed by atoms with Crippen LogP contribution in [0.4, 0.5) is 5.69 Å². The van der Waals surface area contributed by atoms with Gasteiger partial charge in [0.25, 0.3) is 0 Å². The fourth-order valence-electron chi connectivity index (χ4n) is 3.63. The maximum Gasteiger partial charge on any atom is 0.243 e. The molecule has 0 bridgehead atoms. The van der Waals surface area contributed by atoms with E-state index in [9.17, 15) is 14.4 Å². The molecule has 0 unspecified atom stereocenters. The molecule has 6 nitrogen and oxygen atoms in total. The number of likely N-dealkylation sites (tertiary alicyclic amines) is 1. The van der Waals surface area contributed by atoms with Crippen LogP contribution >= 0.6 is 0 Å². The van der Waals surface area contributed by atoms with Crippen molar-refractivity contribution in [2.45, 2.75) is 26.3 Å². The molecule has 3 rings (SSSR count). The first-order valence-corrected chi connectivity index (χ1v) is 9.81. The Morgan fingerprint density at radius 1 is 1.14 bits per heavy atom. The Morgan fingerprint density at radius 2 is 1.79 bits per heavy atom. The largest absolute Gasteiger partial charge is 0.336 e. The lowest BCUT2D eigenvalue weighted by molar-refractivity contribution is -0.137. The topological polar surface area (TPSA) is 69.7 Å². The van der Waals surface area contributed by atoms with Crippen molar-refractivity contribution in [2.24, 2.45) is 5.92 Å². The van der Waals surface area contributed by atoms with E-state index in [-0.39, 0.29) is 36.7 Å². The van der Waals surface area contributed by atoms with Crippen molar-refractivity contribution in [3.8, 4) is 0 Å². The number of hydrogen-bond donors (Lipinski definition) is 1. The summed E-state index contributed by atoms with van der Waals surface area (Å²) in [6, 6.07) is 17.2. The summed E-state index contributed by atoms with van der Waals surface area (Å²) in [5.74, 6) is -0.897. The lowest BCUT2D eigenvalue weighted by atomic mass is 10.1. The van der Waals surface area contributed by atoms with E-state index in [0.717, 1.165) is 11.1 Å². The van der Waals surface area contributed by atoms with Crippen molar-refractivity contribution in [3.63, 3.8) is 0 Å². The molecule has 2 aromatic carbocycles. The van der Waals surface area contributed by atoms with Crippen LogP contribution in [0, 0.1) is 12.8 Å². The van der Waals surface area contributed by atoms with Crippen LogP contribution in [-0.4, -0.2) is 47.7 Å². The Labute approximate surface area is 171 Å². The molecule has 1 heterocycles. The molecule has 6 heteroatoms. The van der Waals surface area contributed by atoms with Crippen molar-refractivity contribution < 1.29 is 14.4 Å². The lowest BCUT2D eigenvalue weighted by Gasteiger charge is -2.26. The number of benzene rings is 2. The Bertz CT molecular complexity index is 880. The number of anilines is 1. The van der Waals surface area contributed by atoms with E-state index >= 15 is 0 Å². The van der Waals surface area contributed by atoms with Crippen LogP contribution < -0.4 is 5.32 Å². The van der Waals surface area contributed by atoms with Crippen LogP contribution in [0.25, 0.3) is 0 Å². The molecule has 1 aliphatic rings. The number of nitrogens with zero attached hydrogens (tertiary/aromatic N) is 2. The fourth-order valence-corrected chi connectivity index (χ4v) is 3.63.